The molecule has 2 heterocycles. The Bertz CT molecular complexity index is 737. The number of halogens is 1. The standard InChI is InChI=1S/C14H15FN4O4/c1-7-11-12(20)18(2)13(16)17-14(11,6-23-7)9-5-8(19(21)22)3-4-10(9)15/h3-5,7,11H,6H2,1-2H3,(H2,16,17)/t7-,11+,14-/m1/s1. The topological polar surface area (TPSA) is 111 Å². The lowest BCUT2D eigenvalue weighted by atomic mass is 9.76. The van der Waals surface area contributed by atoms with Crippen molar-refractivity contribution in [2.24, 2.45) is 16.6 Å². The number of carbonyl (C=O) groups is 1. The van der Waals surface area contributed by atoms with Crippen molar-refractivity contribution < 1.29 is 18.8 Å². The summed E-state index contributed by atoms with van der Waals surface area (Å²) < 4.78 is 19.9. The number of hydrogen-bond acceptors (Lipinski definition) is 6. The summed E-state index contributed by atoms with van der Waals surface area (Å²) in [5.41, 5.74) is 4.06. The van der Waals surface area contributed by atoms with E-state index in [0.29, 0.717) is 0 Å². The van der Waals surface area contributed by atoms with Gasteiger partial charge in [0, 0.05) is 24.7 Å². The molecule has 2 aliphatic heterocycles. The SMILES string of the molecule is C[C@H]1OC[C@]2(c3cc([N+](=O)[O-])ccc3F)N=C(N)N(C)C(=O)[C@H]12. The summed E-state index contributed by atoms with van der Waals surface area (Å²) in [6, 6.07) is 3.16. The Balaban J connectivity index is 2.25. The largest absolute Gasteiger partial charge is 0.375 e. The van der Waals surface area contributed by atoms with Crippen LogP contribution in [0.3, 0.4) is 0 Å². The fraction of sp³-hybridized carbons (Fsp3) is 0.429. The number of fused-ring (bicyclic) bond motifs is 1. The van der Waals surface area contributed by atoms with Crippen LogP contribution in [0.15, 0.2) is 23.2 Å². The zero-order chi connectivity index (χ0) is 16.9. The number of nitro benzene ring substituents is 1. The van der Waals surface area contributed by atoms with Gasteiger partial charge in [-0.25, -0.2) is 9.38 Å². The number of nitro groups is 1. The van der Waals surface area contributed by atoms with Crippen molar-refractivity contribution in [3.63, 3.8) is 0 Å². The molecule has 1 aromatic rings. The van der Waals surface area contributed by atoms with Gasteiger partial charge >= 0.3 is 0 Å². The van der Waals surface area contributed by atoms with Crippen LogP contribution in [0.4, 0.5) is 10.1 Å². The molecule has 23 heavy (non-hydrogen) atoms. The molecule has 0 saturated carbocycles. The van der Waals surface area contributed by atoms with Crippen LogP contribution in [-0.4, -0.2) is 41.4 Å². The van der Waals surface area contributed by atoms with Gasteiger partial charge in [0.15, 0.2) is 5.96 Å². The number of guanidine groups is 1. The monoisotopic (exact) mass is 322 g/mol. The minimum Gasteiger partial charge on any atom is -0.375 e. The van der Waals surface area contributed by atoms with Gasteiger partial charge in [-0.1, -0.05) is 0 Å². The summed E-state index contributed by atoms with van der Waals surface area (Å²) in [5, 5.41) is 11.0. The van der Waals surface area contributed by atoms with Gasteiger partial charge in [0.25, 0.3) is 5.69 Å². The van der Waals surface area contributed by atoms with E-state index in [1.165, 1.54) is 11.9 Å². The minimum atomic E-state index is -1.39. The molecule has 9 heteroatoms. The molecule has 8 nitrogen and oxygen atoms in total. The van der Waals surface area contributed by atoms with Crippen LogP contribution in [0, 0.1) is 21.8 Å². The number of non-ortho nitro benzene ring substituents is 1. The number of hydrogen-bond donors (Lipinski definition) is 1. The Morgan fingerprint density at radius 3 is 2.91 bits per heavy atom. The Kier molecular flexibility index (Phi) is 3.33. The highest BCUT2D eigenvalue weighted by Crippen LogP contribution is 2.47. The summed E-state index contributed by atoms with van der Waals surface area (Å²) in [7, 11) is 1.47. The van der Waals surface area contributed by atoms with Crippen molar-refractivity contribution in [1.29, 1.82) is 0 Å². The third-order valence-corrected chi connectivity index (χ3v) is 4.43. The second-order valence-electron chi connectivity index (χ2n) is 5.71. The van der Waals surface area contributed by atoms with E-state index in [9.17, 15) is 19.3 Å². The van der Waals surface area contributed by atoms with Crippen LogP contribution in [0.1, 0.15) is 12.5 Å². The molecule has 1 saturated heterocycles. The smallest absolute Gasteiger partial charge is 0.270 e. The molecule has 2 aliphatic rings. The molecule has 0 unspecified atom stereocenters. The molecular formula is C14H15FN4O4. The van der Waals surface area contributed by atoms with Gasteiger partial charge in [0.1, 0.15) is 11.4 Å². The molecular weight excluding hydrogens is 307 g/mol. The van der Waals surface area contributed by atoms with E-state index < -0.39 is 28.3 Å². The van der Waals surface area contributed by atoms with Gasteiger partial charge < -0.3 is 10.5 Å². The number of rotatable bonds is 2. The fourth-order valence-corrected chi connectivity index (χ4v) is 3.20. The number of aliphatic imine (C=N–C) groups is 1. The normalized spacial score (nSPS) is 30.1. The summed E-state index contributed by atoms with van der Waals surface area (Å²) in [5.74, 6) is -1.91. The maximum absolute atomic E-state index is 14.4. The molecule has 0 radical (unpaired) electrons. The molecule has 0 spiro atoms. The van der Waals surface area contributed by atoms with Crippen LogP contribution in [0.2, 0.25) is 0 Å². The zero-order valence-corrected chi connectivity index (χ0v) is 12.5. The highest BCUT2D eigenvalue weighted by Gasteiger charge is 2.58. The summed E-state index contributed by atoms with van der Waals surface area (Å²) in [6.07, 6.45) is -0.513. The first kappa shape index (κ1) is 15.3. The van der Waals surface area contributed by atoms with Crippen molar-refractivity contribution in [2.75, 3.05) is 13.7 Å². The molecule has 1 aromatic carbocycles. The molecule has 3 atom stereocenters. The number of amides is 1. The number of ether oxygens (including phenoxy) is 1. The van der Waals surface area contributed by atoms with E-state index >= 15 is 0 Å². The van der Waals surface area contributed by atoms with E-state index in [4.69, 9.17) is 10.5 Å². The Morgan fingerprint density at radius 1 is 1.57 bits per heavy atom. The van der Waals surface area contributed by atoms with Crippen molar-refractivity contribution in [1.82, 2.24) is 4.90 Å². The maximum atomic E-state index is 14.4. The molecule has 1 fully saturated rings. The summed E-state index contributed by atoms with van der Waals surface area (Å²) in [4.78, 5) is 28.4. The first-order chi connectivity index (χ1) is 10.8. The highest BCUT2D eigenvalue weighted by atomic mass is 19.1. The number of carbonyl (C=O) groups excluding carboxylic acids is 1. The van der Waals surface area contributed by atoms with E-state index in [2.05, 4.69) is 4.99 Å². The first-order valence-electron chi connectivity index (χ1n) is 6.97. The van der Waals surface area contributed by atoms with Crippen molar-refractivity contribution >= 4 is 17.6 Å². The van der Waals surface area contributed by atoms with Gasteiger partial charge in [0.05, 0.1) is 23.6 Å². The third kappa shape index (κ3) is 2.07. The minimum absolute atomic E-state index is 0.0505. The second-order valence-corrected chi connectivity index (χ2v) is 5.71. The van der Waals surface area contributed by atoms with Crippen LogP contribution in [-0.2, 0) is 15.1 Å². The average Bonchev–Trinajstić information content (AvgIpc) is 2.83. The van der Waals surface area contributed by atoms with E-state index in [0.717, 1.165) is 18.2 Å². The van der Waals surface area contributed by atoms with Gasteiger partial charge in [-0.15, -0.1) is 0 Å². The molecule has 2 N–H and O–H groups in total. The van der Waals surface area contributed by atoms with Crippen molar-refractivity contribution in [3.05, 3.63) is 39.7 Å². The number of nitrogens with two attached hydrogens (primary N) is 1. The molecule has 122 valence electrons. The lowest BCUT2D eigenvalue weighted by molar-refractivity contribution is -0.385. The Hall–Kier alpha value is -2.55. The number of nitrogens with zero attached hydrogens (tertiary/aromatic N) is 3. The molecule has 0 aromatic heterocycles. The van der Waals surface area contributed by atoms with Gasteiger partial charge in [-0.05, 0) is 13.0 Å². The van der Waals surface area contributed by atoms with Crippen molar-refractivity contribution in [2.45, 2.75) is 18.6 Å². The van der Waals surface area contributed by atoms with Gasteiger partial charge in [0.2, 0.25) is 5.91 Å². The zero-order valence-electron chi connectivity index (χ0n) is 12.5. The van der Waals surface area contributed by atoms with E-state index in [-0.39, 0.29) is 29.7 Å². The second kappa shape index (κ2) is 4.98. The van der Waals surface area contributed by atoms with Crippen LogP contribution in [0.25, 0.3) is 0 Å². The van der Waals surface area contributed by atoms with E-state index in [1.54, 1.807) is 6.92 Å². The third-order valence-electron chi connectivity index (χ3n) is 4.43. The molecule has 0 aliphatic carbocycles. The molecule has 3 rings (SSSR count). The van der Waals surface area contributed by atoms with Crippen molar-refractivity contribution in [3.8, 4) is 0 Å². The fourth-order valence-electron chi connectivity index (χ4n) is 3.20. The predicted octanol–water partition coefficient (Wildman–Crippen LogP) is 0.751. The van der Waals surface area contributed by atoms with Crippen LogP contribution < -0.4 is 5.73 Å². The van der Waals surface area contributed by atoms with Crippen LogP contribution in [0.5, 0.6) is 0 Å². The van der Waals surface area contributed by atoms with Gasteiger partial charge in [-0.3, -0.25) is 19.8 Å². The van der Waals surface area contributed by atoms with Crippen LogP contribution >= 0.6 is 0 Å². The Morgan fingerprint density at radius 2 is 2.26 bits per heavy atom. The molecule has 0 bridgehead atoms. The quantitative estimate of drug-likeness (QED) is 0.638. The molecule has 1 amide bonds. The number of benzene rings is 1. The predicted molar refractivity (Wildman–Crippen MR) is 78.0 cm³/mol. The van der Waals surface area contributed by atoms with Gasteiger partial charge in [-0.2, -0.15) is 0 Å². The average molecular weight is 322 g/mol. The summed E-state index contributed by atoms with van der Waals surface area (Å²) >= 11 is 0. The van der Waals surface area contributed by atoms with E-state index in [1.807, 2.05) is 0 Å². The lowest BCUT2D eigenvalue weighted by Crippen LogP contribution is -2.55. The maximum Gasteiger partial charge on any atom is 0.270 e. The first-order valence-corrected chi connectivity index (χ1v) is 6.97. The lowest BCUT2D eigenvalue weighted by Gasteiger charge is -2.38. The summed E-state index contributed by atoms with van der Waals surface area (Å²) in [6.45, 7) is 1.61. The highest BCUT2D eigenvalue weighted by molar-refractivity contribution is 6.00. The Labute approximate surface area is 130 Å².